The van der Waals surface area contributed by atoms with Crippen molar-refractivity contribution in [3.8, 4) is 28.6 Å². The first kappa shape index (κ1) is 31.6. The van der Waals surface area contributed by atoms with Gasteiger partial charge in [-0.25, -0.2) is 5.43 Å². The van der Waals surface area contributed by atoms with Crippen molar-refractivity contribution in [2.75, 3.05) is 23.9 Å². The van der Waals surface area contributed by atoms with Crippen molar-refractivity contribution < 1.29 is 35.7 Å². The van der Waals surface area contributed by atoms with Gasteiger partial charge in [0.05, 0.1) is 36.5 Å². The van der Waals surface area contributed by atoms with Gasteiger partial charge in [-0.2, -0.15) is 14.9 Å². The van der Waals surface area contributed by atoms with Crippen LogP contribution in [-0.4, -0.2) is 50.9 Å². The summed E-state index contributed by atoms with van der Waals surface area (Å²) in [6, 6.07) is 19.5. The Morgan fingerprint density at radius 1 is 0.821 bits per heavy atom. The maximum Gasteiger partial charge on any atom is 2.00 e. The molecule has 0 aliphatic carbocycles. The molecule has 0 saturated carbocycles. The van der Waals surface area contributed by atoms with Gasteiger partial charge in [0, 0.05) is 0 Å². The minimum atomic E-state index is -0.192. The van der Waals surface area contributed by atoms with Gasteiger partial charge < -0.3 is 15.3 Å². The van der Waals surface area contributed by atoms with Crippen LogP contribution in [-0.2, 0) is 20.4 Å². The second-order valence-electron chi connectivity index (χ2n) is 8.18. The van der Waals surface area contributed by atoms with Crippen LogP contribution in [0.25, 0.3) is 11.4 Å². The van der Waals surface area contributed by atoms with Crippen LogP contribution in [0.15, 0.2) is 83.0 Å². The third-order valence-corrected chi connectivity index (χ3v) is 8.80. The number of hydrazone groups is 1. The van der Waals surface area contributed by atoms with E-state index in [2.05, 4.69) is 46.6 Å². The fraction of sp³-hybridized carbons (Fsp3) is 0.214. The Morgan fingerprint density at radius 3 is 1.90 bits per heavy atom. The summed E-state index contributed by atoms with van der Waals surface area (Å²) in [4.78, 5) is 0. The zero-order valence-electron chi connectivity index (χ0n) is 22.0. The Bertz CT molecular complexity index is 1370. The van der Waals surface area contributed by atoms with E-state index in [1.807, 2.05) is 0 Å². The third kappa shape index (κ3) is 9.00. The van der Waals surface area contributed by atoms with Gasteiger partial charge in [-0.3, -0.25) is 0 Å². The maximum absolute atomic E-state index is 12.0. The molecule has 0 aliphatic heterocycles. The third-order valence-electron chi connectivity index (χ3n) is 5.80. The molecule has 1 heterocycles. The molecule has 2 N–H and O–H groups in total. The van der Waals surface area contributed by atoms with Crippen molar-refractivity contribution in [3.05, 3.63) is 83.9 Å². The molecule has 3 aromatic carbocycles. The summed E-state index contributed by atoms with van der Waals surface area (Å²) >= 11 is 0. The summed E-state index contributed by atoms with van der Waals surface area (Å²) < 4.78 is 1.31. The van der Waals surface area contributed by atoms with Crippen molar-refractivity contribution in [2.45, 2.75) is 20.8 Å². The van der Waals surface area contributed by atoms with E-state index in [1.54, 1.807) is 54.6 Å². The van der Waals surface area contributed by atoms with Gasteiger partial charge in [0.2, 0.25) is 0 Å². The van der Waals surface area contributed by atoms with Crippen LogP contribution in [0, 0.1) is 0 Å². The molecule has 39 heavy (non-hydrogen) atoms. The number of nitrogens with zero attached hydrogens (tertiary/aromatic N) is 5. The molecule has 11 heteroatoms. The Hall–Kier alpha value is -3.57. The van der Waals surface area contributed by atoms with E-state index in [4.69, 9.17) is 0 Å². The minimum Gasteiger partial charge on any atom is -0.872 e. The second-order valence-corrected chi connectivity index (χ2v) is 11.8. The topological polar surface area (TPSA) is 134 Å². The molecule has 4 rings (SSSR count). The molecule has 0 bridgehead atoms. The first-order valence-electron chi connectivity index (χ1n) is 12.4. The van der Waals surface area contributed by atoms with Crippen molar-refractivity contribution in [1.82, 2.24) is 14.9 Å². The molecule has 206 valence electrons. The monoisotopic (exact) mass is 637 g/mol. The van der Waals surface area contributed by atoms with E-state index >= 15 is 0 Å². The summed E-state index contributed by atoms with van der Waals surface area (Å²) in [5.74, 6) is -0.0134. The SMILES string of the molecule is CC[PH+](CC)CC.[O-]c1ccccc1/C=N/Nc1nnc(-c2ccccc2O)n1/N=C/c1ccccc1[O-].[Pd+2]. The molecule has 0 spiro atoms. The Balaban J connectivity index is 0.000000592. The molecule has 0 fully saturated rings. The number of para-hydroxylation sites is 3. The van der Waals surface area contributed by atoms with Gasteiger partial charge in [-0.05, 0) is 52.0 Å². The van der Waals surface area contributed by atoms with Gasteiger partial charge in [0.1, 0.15) is 5.75 Å². The molecular formula is C28H32N6O3PPd+. The number of benzene rings is 3. The smallest absolute Gasteiger partial charge is 0.872 e. The number of phenols is 1. The molecule has 0 saturated heterocycles. The number of nitrogens with one attached hydrogen (secondary N) is 1. The fourth-order valence-corrected chi connectivity index (χ4v) is 4.99. The number of anilines is 1. The average molecular weight is 638 g/mol. The molecule has 0 radical (unpaired) electrons. The summed E-state index contributed by atoms with van der Waals surface area (Å²) in [7, 11) is 0.137. The predicted molar refractivity (Wildman–Crippen MR) is 153 cm³/mol. The van der Waals surface area contributed by atoms with E-state index in [9.17, 15) is 15.3 Å². The average Bonchev–Trinajstić information content (AvgIpc) is 3.33. The van der Waals surface area contributed by atoms with Gasteiger partial charge in [0.15, 0.2) is 5.82 Å². The largest absolute Gasteiger partial charge is 2.00 e. The van der Waals surface area contributed by atoms with Crippen molar-refractivity contribution in [2.24, 2.45) is 10.2 Å². The number of phenolic OH excluding ortho intramolecular Hbond substituents is 1. The number of aromatic nitrogens is 3. The van der Waals surface area contributed by atoms with E-state index < -0.39 is 0 Å². The van der Waals surface area contributed by atoms with Crippen LogP contribution < -0.4 is 15.6 Å². The van der Waals surface area contributed by atoms with Crippen LogP contribution in [0.3, 0.4) is 0 Å². The summed E-state index contributed by atoms with van der Waals surface area (Å²) in [6.07, 6.45) is 7.10. The van der Waals surface area contributed by atoms with Gasteiger partial charge >= 0.3 is 20.4 Å². The fourth-order valence-electron chi connectivity index (χ4n) is 3.49. The number of hydrogen-bond acceptors (Lipinski definition) is 8. The van der Waals surface area contributed by atoms with Gasteiger partial charge in [-0.15, -0.1) is 10.2 Å². The Kier molecular flexibility index (Phi) is 13.3. The van der Waals surface area contributed by atoms with E-state index in [1.165, 1.54) is 53.8 Å². The Morgan fingerprint density at radius 2 is 1.36 bits per heavy atom. The quantitative estimate of drug-likeness (QED) is 0.121. The first-order chi connectivity index (χ1) is 18.5. The standard InChI is InChI=1S/C22H18N6O3.C6H15P.Pd/c29-18-10-4-1-7-15(18)13-23-26-22-27-25-21(17-9-3-6-12-20(17)31)28(22)24-14-16-8-2-5-11-19(16)30;1-4-7(5-2)6-3;/h1-14,29-31H,(H,26,27);4-6H2,1-3H3;/q;;+2/p-1/b23-13+,24-14+;;. The first-order valence-corrected chi connectivity index (χ1v) is 14.5. The molecule has 0 aliphatic rings. The van der Waals surface area contributed by atoms with Crippen LogP contribution >= 0.6 is 7.92 Å². The van der Waals surface area contributed by atoms with E-state index in [0.29, 0.717) is 16.7 Å². The summed E-state index contributed by atoms with van der Waals surface area (Å²) in [5, 5.41) is 50.5. The van der Waals surface area contributed by atoms with Crippen molar-refractivity contribution >= 4 is 26.3 Å². The number of hydrogen-bond donors (Lipinski definition) is 2. The molecule has 0 atom stereocenters. The normalized spacial score (nSPS) is 10.9. The molecule has 9 nitrogen and oxygen atoms in total. The maximum atomic E-state index is 12.0. The number of rotatable bonds is 9. The van der Waals surface area contributed by atoms with Gasteiger partial charge in [-0.1, -0.05) is 72.2 Å². The van der Waals surface area contributed by atoms with Gasteiger partial charge in [0.25, 0.3) is 5.95 Å². The summed E-state index contributed by atoms with van der Waals surface area (Å²) in [5.41, 5.74) is 3.85. The zero-order valence-corrected chi connectivity index (χ0v) is 24.6. The molecular weight excluding hydrogens is 606 g/mol. The predicted octanol–water partition coefficient (Wildman–Crippen LogP) is 4.38. The van der Waals surface area contributed by atoms with E-state index in [-0.39, 0.29) is 57.4 Å². The van der Waals surface area contributed by atoms with Crippen molar-refractivity contribution in [1.29, 1.82) is 0 Å². The Labute approximate surface area is 243 Å². The van der Waals surface area contributed by atoms with Crippen LogP contribution in [0.2, 0.25) is 0 Å². The minimum absolute atomic E-state index is 0. The van der Waals surface area contributed by atoms with Crippen LogP contribution in [0.1, 0.15) is 31.9 Å². The molecule has 4 aromatic rings. The number of aromatic hydroxyl groups is 1. The molecule has 0 amide bonds. The second kappa shape index (κ2) is 16.4. The van der Waals surface area contributed by atoms with Crippen LogP contribution in [0.4, 0.5) is 5.95 Å². The van der Waals surface area contributed by atoms with E-state index in [0.717, 1.165) is 0 Å². The molecule has 0 unspecified atom stereocenters. The summed E-state index contributed by atoms with van der Waals surface area (Å²) in [6.45, 7) is 6.92. The molecule has 1 aromatic heterocycles. The van der Waals surface area contributed by atoms with Crippen LogP contribution in [0.5, 0.6) is 17.2 Å². The van der Waals surface area contributed by atoms with Crippen molar-refractivity contribution in [3.63, 3.8) is 0 Å². The zero-order chi connectivity index (χ0) is 27.3.